The molecule has 0 bridgehead atoms. The molecule has 21 nitrogen and oxygen atoms in total. The van der Waals surface area contributed by atoms with Gasteiger partial charge in [-0.15, -0.1) is 0 Å². The molecule has 22 heteroatoms. The molecule has 286 valence electrons. The molecule has 3 saturated heterocycles. The van der Waals surface area contributed by atoms with E-state index in [0.717, 1.165) is 0 Å². The van der Waals surface area contributed by atoms with E-state index in [1.807, 2.05) is 0 Å². The van der Waals surface area contributed by atoms with Gasteiger partial charge >= 0.3 is 0 Å². The van der Waals surface area contributed by atoms with Crippen molar-refractivity contribution in [3.63, 3.8) is 0 Å². The molecule has 1 saturated carbocycles. The molecule has 3 aliphatic heterocycles. The van der Waals surface area contributed by atoms with Crippen LogP contribution < -0.4 is 39.7 Å². The maximum atomic E-state index is 14.0. The summed E-state index contributed by atoms with van der Waals surface area (Å²) in [5.74, 6) is -2.58. The zero-order valence-electron chi connectivity index (χ0n) is 26.5. The Balaban J connectivity index is 1.62. The lowest BCUT2D eigenvalue weighted by Crippen LogP contribution is -2.74. The van der Waals surface area contributed by atoms with Crippen molar-refractivity contribution in [3.05, 3.63) is 0 Å². The van der Waals surface area contributed by atoms with Crippen molar-refractivity contribution in [2.24, 2.45) is 40.3 Å². The zero-order chi connectivity index (χ0) is 36.5. The number of halogens is 1. The summed E-state index contributed by atoms with van der Waals surface area (Å²) in [5, 5.41) is 87.4. The highest BCUT2D eigenvalue weighted by Gasteiger charge is 2.58. The van der Waals surface area contributed by atoms with Crippen LogP contribution in [0, 0.1) is 5.92 Å². The van der Waals surface area contributed by atoms with Gasteiger partial charge in [-0.3, -0.25) is 4.79 Å². The average Bonchev–Trinajstić information content (AvgIpc) is 3.38. The van der Waals surface area contributed by atoms with Crippen LogP contribution in [0.4, 0.5) is 4.39 Å². The molecule has 0 aromatic heterocycles. The summed E-state index contributed by atoms with van der Waals surface area (Å²) in [7, 11) is 0. The molecular weight excluding hydrogens is 665 g/mol. The van der Waals surface area contributed by atoms with Gasteiger partial charge < -0.3 is 104 Å². The quantitative estimate of drug-likeness (QED) is 0.0890. The Hall–Kier alpha value is -1.36. The Kier molecular flexibility index (Phi) is 14.0. The molecule has 1 aliphatic carbocycles. The predicted molar refractivity (Wildman–Crippen MR) is 161 cm³/mol. The normalized spacial score (nSPS) is 49.0. The minimum atomic E-state index is -2.27. The number of amides is 1. The summed E-state index contributed by atoms with van der Waals surface area (Å²) in [5.41, 5.74) is 35.4. The van der Waals surface area contributed by atoms with E-state index in [2.05, 4.69) is 5.32 Å². The Bertz CT molecular complexity index is 1080. The molecule has 4 rings (SSSR count). The summed E-state index contributed by atoms with van der Waals surface area (Å²) in [6, 6.07) is -5.41. The molecule has 2 unspecified atom stereocenters. The van der Waals surface area contributed by atoms with E-state index in [1.165, 1.54) is 0 Å². The summed E-state index contributed by atoms with van der Waals surface area (Å²) >= 11 is 0. The van der Waals surface area contributed by atoms with E-state index >= 15 is 0 Å². The SMILES string of the molecule is NCC1O[C@H](C2[C@@H](N)[C@H](O)[C@@H](NC(=O)[C@@H](O)[C@H](F)CN)[C@H](O)[C@H]2O[C@@H]2O[C@H](CO)[C@@H](O[C@H]3O[C@@H](CN)[C@@H](O)[C@H](O)[C@H]3N)[C@H]2O)[C@H](N)C[C@@H]1O. The minimum absolute atomic E-state index is 0.0327. The number of aliphatic hydroxyl groups is 8. The number of nitrogens with two attached hydrogens (primary N) is 6. The summed E-state index contributed by atoms with van der Waals surface area (Å²) in [6.07, 6.45) is -24.7. The van der Waals surface area contributed by atoms with E-state index in [-0.39, 0.29) is 19.5 Å². The van der Waals surface area contributed by atoms with Gasteiger partial charge in [-0.2, -0.15) is 0 Å². The van der Waals surface area contributed by atoms with Gasteiger partial charge in [0.25, 0.3) is 5.91 Å². The highest BCUT2D eigenvalue weighted by molar-refractivity contribution is 5.81. The first kappa shape index (κ1) is 40.4. The highest BCUT2D eigenvalue weighted by atomic mass is 19.1. The molecule has 21 atom stereocenters. The number of rotatable bonds is 12. The van der Waals surface area contributed by atoms with Crippen molar-refractivity contribution in [3.8, 4) is 0 Å². The smallest absolute Gasteiger partial charge is 0.252 e. The Morgan fingerprint density at radius 1 is 0.796 bits per heavy atom. The van der Waals surface area contributed by atoms with Crippen LogP contribution in [0.3, 0.4) is 0 Å². The molecule has 21 N–H and O–H groups in total. The topological polar surface area (TPSA) is 393 Å². The van der Waals surface area contributed by atoms with E-state index < -0.39 is 147 Å². The third-order valence-electron chi connectivity index (χ3n) is 9.78. The zero-order valence-corrected chi connectivity index (χ0v) is 26.5. The molecule has 0 aromatic carbocycles. The number of carbonyl (C=O) groups is 1. The van der Waals surface area contributed by atoms with Crippen LogP contribution in [0.15, 0.2) is 0 Å². The predicted octanol–water partition coefficient (Wildman–Crippen LogP) is -9.81. The highest BCUT2D eigenvalue weighted by Crippen LogP contribution is 2.39. The second kappa shape index (κ2) is 17.0. The van der Waals surface area contributed by atoms with Gasteiger partial charge in [-0.25, -0.2) is 4.39 Å². The monoisotopic (exact) mass is 717 g/mol. The lowest BCUT2D eigenvalue weighted by Gasteiger charge is -2.52. The Morgan fingerprint density at radius 2 is 1.41 bits per heavy atom. The van der Waals surface area contributed by atoms with E-state index in [9.17, 15) is 50.0 Å². The summed E-state index contributed by atoms with van der Waals surface area (Å²) in [4.78, 5) is 12.7. The van der Waals surface area contributed by atoms with Crippen LogP contribution in [0.2, 0.25) is 0 Å². The van der Waals surface area contributed by atoms with Crippen molar-refractivity contribution in [1.82, 2.24) is 5.32 Å². The van der Waals surface area contributed by atoms with Gasteiger partial charge in [-0.1, -0.05) is 0 Å². The van der Waals surface area contributed by atoms with Gasteiger partial charge in [0, 0.05) is 37.6 Å². The van der Waals surface area contributed by atoms with E-state index in [0.29, 0.717) is 0 Å². The molecular formula is C27H52FN7O14. The third kappa shape index (κ3) is 8.17. The van der Waals surface area contributed by atoms with Gasteiger partial charge in [0.15, 0.2) is 18.7 Å². The van der Waals surface area contributed by atoms with Gasteiger partial charge in [-0.05, 0) is 6.42 Å². The fourth-order valence-corrected chi connectivity index (χ4v) is 6.87. The Morgan fingerprint density at radius 3 is 2.00 bits per heavy atom. The maximum absolute atomic E-state index is 14.0. The number of alkyl halides is 1. The first-order chi connectivity index (χ1) is 23.1. The molecule has 3 heterocycles. The number of nitrogens with one attached hydrogen (secondary N) is 1. The van der Waals surface area contributed by atoms with Crippen molar-refractivity contribution in [2.75, 3.05) is 26.2 Å². The van der Waals surface area contributed by atoms with Crippen molar-refractivity contribution < 1.29 is 73.7 Å². The second-order valence-corrected chi connectivity index (χ2v) is 13.0. The van der Waals surface area contributed by atoms with Gasteiger partial charge in [0.05, 0.1) is 49.2 Å². The number of hydrogen-bond donors (Lipinski definition) is 15. The molecule has 49 heavy (non-hydrogen) atoms. The molecule has 4 aliphatic rings. The standard InChI is InChI=1S/C27H52FN7O14/c28-6(2-29)16(38)25(44)35-15-18(40)13(33)12(22-7(32)1-8(37)9(3-30)45-22)24(20(15)42)49-27-21(43)23(11(5-36)47-27)48-26-14(34)19(41)17(39)10(4-31)46-26/h6-24,26-27,36-43H,1-5,29-34H2,(H,35,44)/t6-,7-,8+,9?,10+,11-,12?,13-,14-,15-,16+,17-,18+,19-,20+,21-,22+,23-,24+,26-,27+/m1/s1. The van der Waals surface area contributed by atoms with Crippen LogP contribution in [0.5, 0.6) is 0 Å². The number of hydrogen-bond acceptors (Lipinski definition) is 20. The van der Waals surface area contributed by atoms with Crippen LogP contribution in [0.1, 0.15) is 6.42 Å². The maximum Gasteiger partial charge on any atom is 0.252 e. The minimum Gasteiger partial charge on any atom is -0.394 e. The van der Waals surface area contributed by atoms with Gasteiger partial charge in [0.1, 0.15) is 48.9 Å². The lowest BCUT2D eigenvalue weighted by molar-refractivity contribution is -0.281. The molecule has 1 amide bonds. The third-order valence-corrected chi connectivity index (χ3v) is 9.78. The second-order valence-electron chi connectivity index (χ2n) is 13.0. The summed E-state index contributed by atoms with van der Waals surface area (Å²) in [6.45, 7) is -1.83. The van der Waals surface area contributed by atoms with Gasteiger partial charge in [0.2, 0.25) is 0 Å². The first-order valence-corrected chi connectivity index (χ1v) is 16.1. The fourth-order valence-electron chi connectivity index (χ4n) is 6.87. The van der Waals surface area contributed by atoms with Crippen molar-refractivity contribution >= 4 is 5.91 Å². The molecule has 0 radical (unpaired) electrons. The van der Waals surface area contributed by atoms with Crippen LogP contribution in [-0.2, 0) is 28.5 Å². The van der Waals surface area contributed by atoms with Crippen molar-refractivity contribution in [1.29, 1.82) is 0 Å². The average molecular weight is 718 g/mol. The fraction of sp³-hybridized carbons (Fsp3) is 0.963. The molecule has 0 aromatic rings. The molecule has 4 fully saturated rings. The van der Waals surface area contributed by atoms with Crippen LogP contribution in [0.25, 0.3) is 0 Å². The Labute approximate surface area is 280 Å². The number of aliphatic hydroxyl groups excluding tert-OH is 8. The lowest BCUT2D eigenvalue weighted by atomic mass is 9.70. The van der Waals surface area contributed by atoms with E-state index in [4.69, 9.17) is 58.1 Å². The van der Waals surface area contributed by atoms with Crippen LogP contribution >= 0.6 is 0 Å². The largest absolute Gasteiger partial charge is 0.394 e. The molecule has 0 spiro atoms. The van der Waals surface area contributed by atoms with E-state index in [1.54, 1.807) is 0 Å². The van der Waals surface area contributed by atoms with Crippen molar-refractivity contribution in [2.45, 2.75) is 129 Å². The van der Waals surface area contributed by atoms with Crippen LogP contribution in [-0.4, -0.2) is 195 Å². The number of carbonyl (C=O) groups excluding carboxylic acids is 1. The number of ether oxygens (including phenoxy) is 5. The summed E-state index contributed by atoms with van der Waals surface area (Å²) < 4.78 is 43.2. The first-order valence-electron chi connectivity index (χ1n) is 16.1.